The Hall–Kier alpha value is -2.87. The normalized spacial score (nSPS) is 18.2. The molecule has 8 heteroatoms. The number of aryl methyl sites for hydroxylation is 1. The molecular formula is C21H24FN5O2. The van der Waals surface area contributed by atoms with Crippen LogP contribution in [-0.2, 0) is 0 Å². The summed E-state index contributed by atoms with van der Waals surface area (Å²) in [6, 6.07) is 7.58. The van der Waals surface area contributed by atoms with Gasteiger partial charge in [-0.2, -0.15) is 0 Å². The van der Waals surface area contributed by atoms with Gasteiger partial charge in [-0.05, 0) is 32.0 Å². The first-order valence-corrected chi connectivity index (χ1v) is 10.00. The number of H-pyrrole nitrogens is 1. The molecule has 1 atom stereocenters. The first-order chi connectivity index (χ1) is 14.1. The van der Waals surface area contributed by atoms with Crippen LogP contribution in [0.3, 0.4) is 0 Å². The summed E-state index contributed by atoms with van der Waals surface area (Å²) in [5.41, 5.74) is 3.63. The zero-order chi connectivity index (χ0) is 20.0. The number of benzene rings is 1. The Morgan fingerprint density at radius 3 is 2.69 bits per heavy atom. The predicted octanol–water partition coefficient (Wildman–Crippen LogP) is 3.06. The molecular weight excluding hydrogens is 373 g/mol. The zero-order valence-electron chi connectivity index (χ0n) is 16.6. The van der Waals surface area contributed by atoms with Crippen LogP contribution in [0.4, 0.5) is 10.1 Å². The number of aromatic nitrogens is 3. The zero-order valence-corrected chi connectivity index (χ0v) is 16.6. The van der Waals surface area contributed by atoms with Crippen molar-refractivity contribution in [2.75, 3.05) is 44.3 Å². The van der Waals surface area contributed by atoms with Gasteiger partial charge in [-0.1, -0.05) is 0 Å². The SMILES string of the molecule is Cc1nc2ccc(N3CCN(C(C)c4nc5c(cc4F)OCCO5)CC3)cc2[nH]1. The lowest BCUT2D eigenvalue weighted by Crippen LogP contribution is -2.47. The summed E-state index contributed by atoms with van der Waals surface area (Å²) < 4.78 is 25.6. The summed E-state index contributed by atoms with van der Waals surface area (Å²) in [5.74, 6) is 1.36. The number of imidazole rings is 1. The number of aromatic amines is 1. The van der Waals surface area contributed by atoms with Gasteiger partial charge in [-0.3, -0.25) is 4.90 Å². The molecule has 3 aromatic rings. The van der Waals surface area contributed by atoms with Crippen molar-refractivity contribution in [1.82, 2.24) is 19.9 Å². The molecule has 2 aromatic heterocycles. The molecule has 0 saturated carbocycles. The first-order valence-electron chi connectivity index (χ1n) is 10.00. The number of anilines is 1. The summed E-state index contributed by atoms with van der Waals surface area (Å²) in [6.07, 6.45) is 0. The van der Waals surface area contributed by atoms with E-state index in [0.717, 1.165) is 43.0 Å². The molecule has 1 saturated heterocycles. The van der Waals surface area contributed by atoms with Crippen molar-refractivity contribution in [3.05, 3.63) is 41.6 Å². The quantitative estimate of drug-likeness (QED) is 0.733. The summed E-state index contributed by atoms with van der Waals surface area (Å²) in [7, 11) is 0. The second-order valence-electron chi connectivity index (χ2n) is 7.58. The molecule has 1 N–H and O–H groups in total. The number of fused-ring (bicyclic) bond motifs is 2. The molecule has 7 nitrogen and oxygen atoms in total. The van der Waals surface area contributed by atoms with Crippen molar-refractivity contribution in [2.45, 2.75) is 19.9 Å². The van der Waals surface area contributed by atoms with Crippen LogP contribution in [0.15, 0.2) is 24.3 Å². The fraction of sp³-hybridized carbons (Fsp3) is 0.429. The molecule has 1 fully saturated rings. The third-order valence-electron chi connectivity index (χ3n) is 5.72. The number of nitrogens with one attached hydrogen (secondary N) is 1. The number of piperazine rings is 1. The Kier molecular flexibility index (Phi) is 4.50. The highest BCUT2D eigenvalue weighted by Gasteiger charge is 2.27. The van der Waals surface area contributed by atoms with Gasteiger partial charge in [0.2, 0.25) is 0 Å². The third-order valence-corrected chi connectivity index (χ3v) is 5.72. The van der Waals surface area contributed by atoms with E-state index in [1.165, 1.54) is 11.8 Å². The molecule has 0 spiro atoms. The van der Waals surface area contributed by atoms with Crippen molar-refractivity contribution >= 4 is 16.7 Å². The Labute approximate surface area is 168 Å². The van der Waals surface area contributed by atoms with Gasteiger partial charge in [0, 0.05) is 37.9 Å². The van der Waals surface area contributed by atoms with Crippen molar-refractivity contribution in [3.63, 3.8) is 0 Å². The Balaban J connectivity index is 1.29. The molecule has 29 heavy (non-hydrogen) atoms. The van der Waals surface area contributed by atoms with Gasteiger partial charge in [0.05, 0.1) is 22.8 Å². The van der Waals surface area contributed by atoms with E-state index in [-0.39, 0.29) is 11.9 Å². The van der Waals surface area contributed by atoms with Crippen molar-refractivity contribution in [2.24, 2.45) is 0 Å². The van der Waals surface area contributed by atoms with Gasteiger partial charge in [0.15, 0.2) is 5.75 Å². The van der Waals surface area contributed by atoms with E-state index in [9.17, 15) is 4.39 Å². The maximum absolute atomic E-state index is 14.6. The van der Waals surface area contributed by atoms with Crippen molar-refractivity contribution in [3.8, 4) is 11.6 Å². The number of rotatable bonds is 3. The van der Waals surface area contributed by atoms with Gasteiger partial charge >= 0.3 is 0 Å². The summed E-state index contributed by atoms with van der Waals surface area (Å²) >= 11 is 0. The maximum Gasteiger partial charge on any atom is 0.257 e. The van der Waals surface area contributed by atoms with Crippen LogP contribution in [0.2, 0.25) is 0 Å². The molecule has 4 heterocycles. The largest absolute Gasteiger partial charge is 0.484 e. The lowest BCUT2D eigenvalue weighted by atomic mass is 10.1. The summed E-state index contributed by atoms with van der Waals surface area (Å²) in [4.78, 5) is 16.8. The lowest BCUT2D eigenvalue weighted by Gasteiger charge is -2.39. The highest BCUT2D eigenvalue weighted by Crippen LogP contribution is 2.33. The molecule has 1 aromatic carbocycles. The van der Waals surface area contributed by atoms with Crippen LogP contribution < -0.4 is 14.4 Å². The minimum Gasteiger partial charge on any atom is -0.484 e. The smallest absolute Gasteiger partial charge is 0.257 e. The fourth-order valence-corrected chi connectivity index (χ4v) is 4.12. The van der Waals surface area contributed by atoms with Crippen LogP contribution in [0.25, 0.3) is 11.0 Å². The molecule has 2 aliphatic rings. The second kappa shape index (κ2) is 7.18. The first kappa shape index (κ1) is 18.2. The highest BCUT2D eigenvalue weighted by atomic mass is 19.1. The average Bonchev–Trinajstić information content (AvgIpc) is 3.12. The van der Waals surface area contributed by atoms with Crippen LogP contribution in [0, 0.1) is 12.7 Å². The van der Waals surface area contributed by atoms with Crippen molar-refractivity contribution < 1.29 is 13.9 Å². The molecule has 0 bridgehead atoms. The van der Waals surface area contributed by atoms with E-state index < -0.39 is 0 Å². The number of ether oxygens (including phenoxy) is 2. The highest BCUT2D eigenvalue weighted by molar-refractivity contribution is 5.79. The van der Waals surface area contributed by atoms with E-state index in [1.54, 1.807) is 0 Å². The molecule has 0 amide bonds. The maximum atomic E-state index is 14.6. The second-order valence-corrected chi connectivity index (χ2v) is 7.58. The van der Waals surface area contributed by atoms with Gasteiger partial charge < -0.3 is 19.4 Å². The summed E-state index contributed by atoms with van der Waals surface area (Å²) in [5, 5.41) is 0. The number of halogens is 1. The van der Waals surface area contributed by atoms with E-state index in [2.05, 4.69) is 43.0 Å². The van der Waals surface area contributed by atoms with Gasteiger partial charge in [0.1, 0.15) is 24.9 Å². The number of hydrogen-bond donors (Lipinski definition) is 1. The average molecular weight is 397 g/mol. The Morgan fingerprint density at radius 2 is 1.86 bits per heavy atom. The standard InChI is InChI=1S/C21H24FN5O2/c1-13(20-16(22)12-19-21(25-20)29-10-9-28-19)26-5-7-27(8-6-26)15-3-4-17-18(11-15)24-14(2)23-17/h3-4,11-13H,5-10H2,1-2H3,(H,23,24). The van der Waals surface area contributed by atoms with Gasteiger partial charge in [0.25, 0.3) is 5.88 Å². The predicted molar refractivity (Wildman–Crippen MR) is 108 cm³/mol. The Morgan fingerprint density at radius 1 is 1.07 bits per heavy atom. The Bertz CT molecular complexity index is 1040. The third kappa shape index (κ3) is 3.37. The lowest BCUT2D eigenvalue weighted by molar-refractivity contribution is 0.157. The number of nitrogens with zero attached hydrogens (tertiary/aromatic N) is 4. The molecule has 2 aliphatic heterocycles. The van der Waals surface area contributed by atoms with Crippen LogP contribution >= 0.6 is 0 Å². The van der Waals surface area contributed by atoms with Gasteiger partial charge in [-0.15, -0.1) is 0 Å². The van der Waals surface area contributed by atoms with Crippen LogP contribution in [0.5, 0.6) is 11.6 Å². The molecule has 5 rings (SSSR count). The van der Waals surface area contributed by atoms with Crippen LogP contribution in [-0.4, -0.2) is 59.2 Å². The molecule has 152 valence electrons. The van der Waals surface area contributed by atoms with E-state index in [0.29, 0.717) is 30.5 Å². The van der Waals surface area contributed by atoms with E-state index in [1.807, 2.05) is 13.8 Å². The fourth-order valence-electron chi connectivity index (χ4n) is 4.12. The topological polar surface area (TPSA) is 66.5 Å². The number of pyridine rings is 1. The van der Waals surface area contributed by atoms with Crippen molar-refractivity contribution in [1.29, 1.82) is 0 Å². The van der Waals surface area contributed by atoms with E-state index >= 15 is 0 Å². The minimum absolute atomic E-state index is 0.134. The number of hydrogen-bond acceptors (Lipinski definition) is 6. The van der Waals surface area contributed by atoms with Gasteiger partial charge in [-0.25, -0.2) is 14.4 Å². The molecule has 1 unspecified atom stereocenters. The van der Waals surface area contributed by atoms with Crippen LogP contribution in [0.1, 0.15) is 24.5 Å². The molecule has 0 radical (unpaired) electrons. The monoisotopic (exact) mass is 397 g/mol. The minimum atomic E-state index is -0.343. The van der Waals surface area contributed by atoms with E-state index in [4.69, 9.17) is 9.47 Å². The molecule has 0 aliphatic carbocycles. The summed E-state index contributed by atoms with van der Waals surface area (Å²) in [6.45, 7) is 8.23.